The van der Waals surface area contributed by atoms with Crippen LogP contribution in [0.2, 0.25) is 0 Å². The Bertz CT molecular complexity index is 1120. The van der Waals surface area contributed by atoms with Crippen molar-refractivity contribution in [3.63, 3.8) is 0 Å². The van der Waals surface area contributed by atoms with Gasteiger partial charge in [-0.25, -0.2) is 0 Å². The lowest BCUT2D eigenvalue weighted by Crippen LogP contribution is -2.55. The van der Waals surface area contributed by atoms with Crippen LogP contribution in [0.5, 0.6) is 0 Å². The Hall–Kier alpha value is -3.35. The zero-order valence-electron chi connectivity index (χ0n) is 18.6. The Morgan fingerprint density at radius 2 is 2.25 bits per heavy atom. The molecule has 2 heterocycles. The first kappa shape index (κ1) is 21.9. The van der Waals surface area contributed by atoms with Crippen molar-refractivity contribution in [1.29, 1.82) is 0 Å². The van der Waals surface area contributed by atoms with Crippen LogP contribution in [0, 0.1) is 0 Å². The molecule has 1 saturated carbocycles. The normalized spacial score (nSPS) is 20.6. The van der Waals surface area contributed by atoms with Gasteiger partial charge in [0.15, 0.2) is 0 Å². The van der Waals surface area contributed by atoms with Crippen molar-refractivity contribution in [3.8, 4) is 0 Å². The second-order valence-electron chi connectivity index (χ2n) is 8.70. The predicted octanol–water partition coefficient (Wildman–Crippen LogP) is 5.46. The van der Waals surface area contributed by atoms with E-state index in [1.54, 1.807) is 12.3 Å². The van der Waals surface area contributed by atoms with Crippen LogP contribution in [-0.2, 0) is 6.54 Å². The molecule has 0 aliphatic heterocycles. The third-order valence-corrected chi connectivity index (χ3v) is 6.45. The molecule has 1 aliphatic carbocycles. The third kappa shape index (κ3) is 4.61. The Labute approximate surface area is 187 Å². The summed E-state index contributed by atoms with van der Waals surface area (Å²) in [6.07, 6.45) is 5.75. The second kappa shape index (κ2) is 9.42. The van der Waals surface area contributed by atoms with Gasteiger partial charge in [0, 0.05) is 41.5 Å². The van der Waals surface area contributed by atoms with Crippen molar-refractivity contribution in [1.82, 2.24) is 20.2 Å². The second-order valence-corrected chi connectivity index (χ2v) is 8.70. The van der Waals surface area contributed by atoms with Crippen LogP contribution in [0.3, 0.4) is 0 Å². The molecule has 166 valence electrons. The molecule has 8 heteroatoms. The zero-order chi connectivity index (χ0) is 22.6. The zero-order valence-corrected chi connectivity index (χ0v) is 18.6. The van der Waals surface area contributed by atoms with Crippen molar-refractivity contribution in [2.45, 2.75) is 57.7 Å². The molecule has 32 heavy (non-hydrogen) atoms. The molecule has 0 saturated heterocycles. The highest BCUT2D eigenvalue weighted by atomic mass is 16.2. The first-order chi connectivity index (χ1) is 15.5. The summed E-state index contributed by atoms with van der Waals surface area (Å²) in [5.41, 5.74) is 12.4. The lowest BCUT2D eigenvalue weighted by Gasteiger charge is -2.46. The molecule has 2 atom stereocenters. The van der Waals surface area contributed by atoms with Crippen molar-refractivity contribution >= 4 is 22.6 Å². The predicted molar refractivity (Wildman–Crippen MR) is 126 cm³/mol. The van der Waals surface area contributed by atoms with Gasteiger partial charge in [-0.3, -0.25) is 9.78 Å². The highest BCUT2D eigenvalue weighted by molar-refractivity contribution is 5.97. The molecule has 8 nitrogen and oxygen atoms in total. The van der Waals surface area contributed by atoms with Gasteiger partial charge in [-0.2, -0.15) is 0 Å². The van der Waals surface area contributed by atoms with Crippen LogP contribution in [-0.4, -0.2) is 38.9 Å². The van der Waals surface area contributed by atoms with E-state index in [2.05, 4.69) is 32.2 Å². The van der Waals surface area contributed by atoms with Crippen molar-refractivity contribution < 1.29 is 4.79 Å². The number of fused-ring (bicyclic) bond motifs is 1. The minimum atomic E-state index is -0.223. The summed E-state index contributed by atoms with van der Waals surface area (Å²) in [6, 6.07) is 13.6. The molecule has 0 spiro atoms. The van der Waals surface area contributed by atoms with Gasteiger partial charge in [0.1, 0.15) is 5.69 Å². The number of pyridine rings is 1. The molecule has 1 unspecified atom stereocenters. The Morgan fingerprint density at radius 3 is 3.03 bits per heavy atom. The van der Waals surface area contributed by atoms with E-state index < -0.39 is 0 Å². The number of nitrogens with one attached hydrogen (secondary N) is 2. The summed E-state index contributed by atoms with van der Waals surface area (Å²) >= 11 is 0. The molecule has 1 amide bonds. The molecular formula is C24H29N7O. The van der Waals surface area contributed by atoms with Gasteiger partial charge in [-0.1, -0.05) is 23.3 Å². The summed E-state index contributed by atoms with van der Waals surface area (Å²) in [5.74, 6) is 0.0238. The number of H-pyrrole nitrogens is 1. The topological polar surface area (TPSA) is 110 Å². The number of aromatic amines is 1. The smallest absolute Gasteiger partial charge is 0.270 e. The molecule has 0 radical (unpaired) electrons. The SMILES string of the molecule is CCN(C(=O)c1cc2ncccc2[nH]1)C1(C)CCC[C@@H](NCc2cccc(N=[N+]=[N-])c2)C1. The summed E-state index contributed by atoms with van der Waals surface area (Å²) in [4.78, 5) is 25.9. The van der Waals surface area contributed by atoms with Gasteiger partial charge in [-0.05, 0) is 74.9 Å². The van der Waals surface area contributed by atoms with Gasteiger partial charge in [0.25, 0.3) is 5.91 Å². The Morgan fingerprint density at radius 1 is 1.38 bits per heavy atom. The first-order valence-corrected chi connectivity index (χ1v) is 11.2. The number of hydrogen-bond donors (Lipinski definition) is 2. The average Bonchev–Trinajstić information content (AvgIpc) is 3.23. The average molecular weight is 432 g/mol. The molecule has 2 aromatic heterocycles. The maximum Gasteiger partial charge on any atom is 0.270 e. The first-order valence-electron chi connectivity index (χ1n) is 11.2. The van der Waals surface area contributed by atoms with Crippen LogP contribution in [0.1, 0.15) is 55.6 Å². The minimum Gasteiger partial charge on any atom is -0.349 e. The van der Waals surface area contributed by atoms with E-state index in [-0.39, 0.29) is 11.4 Å². The van der Waals surface area contributed by atoms with Crippen molar-refractivity contribution in [2.75, 3.05) is 6.54 Å². The van der Waals surface area contributed by atoms with Gasteiger partial charge in [-0.15, -0.1) is 0 Å². The number of azide groups is 1. The monoisotopic (exact) mass is 431 g/mol. The molecule has 1 aliphatic rings. The fourth-order valence-corrected chi connectivity index (χ4v) is 4.91. The van der Waals surface area contributed by atoms with Gasteiger partial charge < -0.3 is 15.2 Å². The summed E-state index contributed by atoms with van der Waals surface area (Å²) in [5, 5.41) is 7.34. The Balaban J connectivity index is 1.46. The third-order valence-electron chi connectivity index (χ3n) is 6.45. The van der Waals surface area contributed by atoms with Crippen molar-refractivity contribution in [2.24, 2.45) is 5.11 Å². The minimum absolute atomic E-state index is 0.0238. The summed E-state index contributed by atoms with van der Waals surface area (Å²) in [6.45, 7) is 5.59. The lowest BCUT2D eigenvalue weighted by atomic mass is 9.78. The van der Waals surface area contributed by atoms with E-state index in [1.165, 1.54) is 0 Å². The van der Waals surface area contributed by atoms with E-state index in [0.29, 0.717) is 30.5 Å². The van der Waals surface area contributed by atoms with E-state index in [0.717, 1.165) is 42.3 Å². The van der Waals surface area contributed by atoms with Crippen LogP contribution >= 0.6 is 0 Å². The largest absolute Gasteiger partial charge is 0.349 e. The van der Waals surface area contributed by atoms with E-state index >= 15 is 0 Å². The van der Waals surface area contributed by atoms with Crippen molar-refractivity contribution in [3.05, 3.63) is 70.4 Å². The van der Waals surface area contributed by atoms with Gasteiger partial charge in [0.2, 0.25) is 0 Å². The molecule has 4 rings (SSSR count). The van der Waals surface area contributed by atoms with Crippen LogP contribution < -0.4 is 5.32 Å². The highest BCUT2D eigenvalue weighted by Gasteiger charge is 2.39. The van der Waals surface area contributed by atoms with Gasteiger partial charge in [0.05, 0.1) is 11.0 Å². The van der Waals surface area contributed by atoms with E-state index in [9.17, 15) is 4.79 Å². The number of amides is 1. The number of aromatic nitrogens is 2. The standard InChI is InChI=1S/C24H29N7O/c1-3-31(23(32)22-14-21-20(28-22)10-6-12-26-21)24(2)11-5-9-19(15-24)27-16-17-7-4-8-18(13-17)29-30-25/h4,6-8,10,12-14,19,27-28H,3,5,9,11,15-16H2,1-2H3/t19-,24?/m1/s1. The molecule has 2 N–H and O–H groups in total. The molecule has 0 bridgehead atoms. The number of benzene rings is 1. The van der Waals surface area contributed by atoms with Crippen LogP contribution in [0.25, 0.3) is 21.5 Å². The van der Waals surface area contributed by atoms with E-state index in [1.807, 2.05) is 48.2 Å². The molecule has 1 aromatic carbocycles. The summed E-state index contributed by atoms with van der Waals surface area (Å²) in [7, 11) is 0. The fraction of sp³-hybridized carbons (Fsp3) is 0.417. The highest BCUT2D eigenvalue weighted by Crippen LogP contribution is 2.35. The number of nitrogens with zero attached hydrogens (tertiary/aromatic N) is 5. The maximum absolute atomic E-state index is 13.4. The lowest BCUT2D eigenvalue weighted by molar-refractivity contribution is 0.0365. The maximum atomic E-state index is 13.4. The van der Waals surface area contributed by atoms with Crippen LogP contribution in [0.4, 0.5) is 5.69 Å². The Kier molecular flexibility index (Phi) is 6.44. The van der Waals surface area contributed by atoms with Gasteiger partial charge >= 0.3 is 0 Å². The van der Waals surface area contributed by atoms with Crippen LogP contribution in [0.15, 0.2) is 53.8 Å². The summed E-state index contributed by atoms with van der Waals surface area (Å²) < 4.78 is 0. The number of hydrogen-bond acceptors (Lipinski definition) is 4. The molecule has 3 aromatic rings. The number of rotatable bonds is 7. The number of carbonyl (C=O) groups is 1. The quantitative estimate of drug-likeness (QED) is 0.294. The molecular weight excluding hydrogens is 402 g/mol. The number of carbonyl (C=O) groups excluding carboxylic acids is 1. The van der Waals surface area contributed by atoms with E-state index in [4.69, 9.17) is 5.53 Å². The fourth-order valence-electron chi connectivity index (χ4n) is 4.91. The molecule has 1 fully saturated rings.